The summed E-state index contributed by atoms with van der Waals surface area (Å²) in [5.74, 6) is 1.34. The summed E-state index contributed by atoms with van der Waals surface area (Å²) >= 11 is 0. The van der Waals surface area contributed by atoms with E-state index in [1.165, 1.54) is 28.6 Å². The van der Waals surface area contributed by atoms with Crippen LogP contribution in [0.25, 0.3) is 5.57 Å². The number of aryl methyl sites for hydroxylation is 3. The fraction of sp³-hybridized carbons (Fsp3) is 0.394. The highest BCUT2D eigenvalue weighted by Crippen LogP contribution is 2.39. The summed E-state index contributed by atoms with van der Waals surface area (Å²) in [4.78, 5) is 12.3. The molecule has 3 heterocycles. The molecular weight excluding hydrogens is 538 g/mol. The molecule has 0 spiro atoms. The van der Waals surface area contributed by atoms with Gasteiger partial charge in [0.15, 0.2) is 0 Å². The highest BCUT2D eigenvalue weighted by Gasteiger charge is 2.31. The van der Waals surface area contributed by atoms with E-state index in [9.17, 15) is 17.8 Å². The van der Waals surface area contributed by atoms with Gasteiger partial charge in [0.2, 0.25) is 5.36 Å². The van der Waals surface area contributed by atoms with Crippen molar-refractivity contribution in [3.63, 3.8) is 0 Å². The van der Waals surface area contributed by atoms with Crippen LogP contribution in [-0.2, 0) is 38.9 Å². The first-order chi connectivity index (χ1) is 19.4. The smallest absolute Gasteiger partial charge is 0.306 e. The van der Waals surface area contributed by atoms with Gasteiger partial charge in [-0.25, -0.2) is 4.58 Å². The van der Waals surface area contributed by atoms with Crippen molar-refractivity contribution in [1.82, 2.24) is 4.58 Å². The zero-order chi connectivity index (χ0) is 29.1. The zero-order valence-electron chi connectivity index (χ0n) is 24.0. The van der Waals surface area contributed by atoms with Gasteiger partial charge in [-0.15, -0.1) is 0 Å². The summed E-state index contributed by atoms with van der Waals surface area (Å²) in [5, 5.41) is 2.32. The highest BCUT2D eigenvalue weighted by atomic mass is 32.2. The van der Waals surface area contributed by atoms with Crippen molar-refractivity contribution in [3.8, 4) is 11.5 Å². The topological polar surface area (TPSA) is 92.9 Å². The number of fused-ring (bicyclic) bond motifs is 3. The lowest BCUT2D eigenvalue weighted by molar-refractivity contribution is -0.154. The molecule has 3 aliphatic heterocycles. The molecule has 0 aromatic heterocycles. The van der Waals surface area contributed by atoms with E-state index >= 15 is 0 Å². The van der Waals surface area contributed by atoms with Gasteiger partial charge in [0.25, 0.3) is 10.1 Å². The first-order valence-corrected chi connectivity index (χ1v) is 15.8. The zero-order valence-corrected chi connectivity index (χ0v) is 24.9. The SMILES string of the molecule is Cc1cc(S(=O)(=O)O)ccc1C1=c2cc3c4c(c2Oc2cc(CCC(=O)OC(C)(C)C)ccc21)CCC[N+]=4CCC3. The fourth-order valence-electron chi connectivity index (χ4n) is 6.41. The molecule has 0 atom stereocenters. The molecule has 6 rings (SSSR count). The van der Waals surface area contributed by atoms with Crippen LogP contribution in [0.4, 0.5) is 0 Å². The van der Waals surface area contributed by atoms with Crippen molar-refractivity contribution in [2.75, 3.05) is 13.1 Å². The Kier molecular flexibility index (Phi) is 6.82. The second-order valence-electron chi connectivity index (χ2n) is 12.3. The van der Waals surface area contributed by atoms with Crippen LogP contribution >= 0.6 is 0 Å². The van der Waals surface area contributed by atoms with Gasteiger partial charge in [0.1, 0.15) is 30.2 Å². The highest BCUT2D eigenvalue weighted by molar-refractivity contribution is 7.85. The first kappa shape index (κ1) is 27.7. The van der Waals surface area contributed by atoms with E-state index < -0.39 is 15.7 Å². The maximum absolute atomic E-state index is 12.4. The van der Waals surface area contributed by atoms with Crippen LogP contribution in [-0.4, -0.2) is 37.6 Å². The van der Waals surface area contributed by atoms with Crippen molar-refractivity contribution in [2.24, 2.45) is 0 Å². The lowest BCUT2D eigenvalue weighted by Gasteiger charge is -2.27. The van der Waals surface area contributed by atoms with E-state index in [0.717, 1.165) is 83.3 Å². The van der Waals surface area contributed by atoms with Gasteiger partial charge in [-0.2, -0.15) is 8.42 Å². The Hall–Kier alpha value is -3.49. The van der Waals surface area contributed by atoms with Crippen LogP contribution in [0.5, 0.6) is 11.5 Å². The predicted octanol–water partition coefficient (Wildman–Crippen LogP) is 4.25. The number of rotatable bonds is 5. The quantitative estimate of drug-likeness (QED) is 0.218. The molecule has 3 aromatic rings. The fourth-order valence-corrected chi connectivity index (χ4v) is 6.97. The molecule has 0 aliphatic carbocycles. The van der Waals surface area contributed by atoms with Crippen LogP contribution in [0.15, 0.2) is 47.4 Å². The minimum absolute atomic E-state index is 0.125. The molecule has 3 aliphatic rings. The molecular formula is C33H36NO6S+. The van der Waals surface area contributed by atoms with E-state index in [4.69, 9.17) is 9.47 Å². The van der Waals surface area contributed by atoms with E-state index in [1.807, 2.05) is 45.9 Å². The molecule has 0 radical (unpaired) electrons. The third kappa shape index (κ3) is 5.31. The van der Waals surface area contributed by atoms with Crippen LogP contribution in [0.2, 0.25) is 0 Å². The Morgan fingerprint density at radius 2 is 1.76 bits per heavy atom. The average Bonchev–Trinajstić information content (AvgIpc) is 2.90. The molecule has 3 aromatic carbocycles. The van der Waals surface area contributed by atoms with Gasteiger partial charge in [-0.05, 0) is 87.9 Å². The number of nitrogens with zero attached hydrogens (tertiary/aromatic N) is 1. The lowest BCUT2D eigenvalue weighted by Crippen LogP contribution is -2.45. The summed E-state index contributed by atoms with van der Waals surface area (Å²) in [6.45, 7) is 9.56. The number of hydrogen-bond acceptors (Lipinski definition) is 5. The number of ether oxygens (including phenoxy) is 2. The number of carbonyl (C=O) groups is 1. The monoisotopic (exact) mass is 574 g/mol. The number of esters is 1. The minimum atomic E-state index is -4.32. The summed E-state index contributed by atoms with van der Waals surface area (Å²) < 4.78 is 48.1. The average molecular weight is 575 g/mol. The van der Waals surface area contributed by atoms with Gasteiger partial charge < -0.3 is 9.47 Å². The van der Waals surface area contributed by atoms with Crippen molar-refractivity contribution in [1.29, 1.82) is 0 Å². The van der Waals surface area contributed by atoms with Crippen molar-refractivity contribution in [3.05, 3.63) is 86.4 Å². The van der Waals surface area contributed by atoms with Crippen molar-refractivity contribution < 1.29 is 27.2 Å². The normalized spacial score (nSPS) is 15.9. The Labute approximate surface area is 240 Å². The molecule has 0 fully saturated rings. The third-order valence-corrected chi connectivity index (χ3v) is 8.92. The first-order valence-electron chi connectivity index (χ1n) is 14.3. The van der Waals surface area contributed by atoms with Crippen molar-refractivity contribution in [2.45, 2.75) is 76.7 Å². The van der Waals surface area contributed by atoms with E-state index in [2.05, 4.69) is 10.6 Å². The standard InChI is InChI=1S/C33H35NO6S/c1-20-17-23(41(36,37)38)11-13-24(20)30-25-12-9-21(10-14-29(35)40-33(2,3)4)18-28(25)39-32-26-8-6-16-34-15-5-7-22(31(26)34)19-27(30)32/h9,11-13,17-19H,5-8,10,14-16H2,1-4H3/p+1. The second kappa shape index (κ2) is 10.1. The number of hydrogen-bond donors (Lipinski definition) is 1. The Morgan fingerprint density at radius 1 is 1.02 bits per heavy atom. The van der Waals surface area contributed by atoms with Crippen molar-refractivity contribution >= 4 is 21.7 Å². The van der Waals surface area contributed by atoms with Gasteiger partial charge >= 0.3 is 5.97 Å². The summed E-state index contributed by atoms with van der Waals surface area (Å²) in [7, 11) is -4.32. The predicted molar refractivity (Wildman–Crippen MR) is 157 cm³/mol. The van der Waals surface area contributed by atoms with Crippen LogP contribution in [0.1, 0.15) is 73.4 Å². The number of carbonyl (C=O) groups excluding carboxylic acids is 1. The Balaban J connectivity index is 1.53. The number of benzene rings is 3. The van der Waals surface area contributed by atoms with Gasteiger partial charge in [-0.3, -0.25) is 9.35 Å². The molecule has 0 amide bonds. The molecule has 8 heteroatoms. The van der Waals surface area contributed by atoms with Crippen LogP contribution in [0.3, 0.4) is 0 Å². The molecule has 41 heavy (non-hydrogen) atoms. The lowest BCUT2D eigenvalue weighted by atomic mass is 9.86. The molecule has 0 unspecified atom stereocenters. The molecule has 0 saturated heterocycles. The van der Waals surface area contributed by atoms with Gasteiger partial charge in [0.05, 0.1) is 10.5 Å². The molecule has 0 bridgehead atoms. The van der Waals surface area contributed by atoms with Crippen LogP contribution < -0.4 is 19.9 Å². The summed E-state index contributed by atoms with van der Waals surface area (Å²) in [6.07, 6.45) is 4.92. The Bertz CT molecular complexity index is 1830. The molecule has 7 nitrogen and oxygen atoms in total. The Morgan fingerprint density at radius 3 is 2.46 bits per heavy atom. The summed E-state index contributed by atoms with van der Waals surface area (Å²) in [6, 6.07) is 13.1. The minimum Gasteiger partial charge on any atom is -0.460 e. The molecule has 0 saturated carbocycles. The molecule has 1 N–H and O–H groups in total. The maximum Gasteiger partial charge on any atom is 0.306 e. The summed E-state index contributed by atoms with van der Waals surface area (Å²) in [5.41, 5.74) is 6.55. The van der Waals surface area contributed by atoms with Gasteiger partial charge in [-0.1, -0.05) is 18.2 Å². The van der Waals surface area contributed by atoms with E-state index in [-0.39, 0.29) is 17.3 Å². The molecule has 214 valence electrons. The van der Waals surface area contributed by atoms with E-state index in [1.54, 1.807) is 6.07 Å². The van der Waals surface area contributed by atoms with Gasteiger partial charge in [0, 0.05) is 41.2 Å². The largest absolute Gasteiger partial charge is 0.460 e. The maximum atomic E-state index is 12.4. The van der Waals surface area contributed by atoms with E-state index in [0.29, 0.717) is 6.42 Å². The second-order valence-corrected chi connectivity index (χ2v) is 13.7. The van der Waals surface area contributed by atoms with Crippen LogP contribution in [0, 0.1) is 6.92 Å². The third-order valence-electron chi connectivity index (χ3n) is 8.07.